The van der Waals surface area contributed by atoms with Crippen LogP contribution in [0, 0.1) is 0 Å². The predicted octanol–water partition coefficient (Wildman–Crippen LogP) is 2.53. The summed E-state index contributed by atoms with van der Waals surface area (Å²) in [6.45, 7) is 8.26. The first-order valence-corrected chi connectivity index (χ1v) is 7.49. The molecule has 21 heavy (non-hydrogen) atoms. The van der Waals surface area contributed by atoms with Crippen molar-refractivity contribution in [3.05, 3.63) is 35.4 Å². The van der Waals surface area contributed by atoms with Crippen molar-refractivity contribution < 1.29 is 4.42 Å². The Kier molecular flexibility index (Phi) is 3.97. The van der Waals surface area contributed by atoms with Crippen LogP contribution in [0.15, 0.2) is 28.9 Å². The molecule has 1 aliphatic heterocycles. The van der Waals surface area contributed by atoms with E-state index in [2.05, 4.69) is 34.0 Å². The number of halogens is 1. The fourth-order valence-electron chi connectivity index (χ4n) is 2.56. The third-order valence-corrected chi connectivity index (χ3v) is 4.14. The molecule has 0 unspecified atom stereocenters. The molecule has 3 heterocycles. The Hall–Kier alpha value is -1.43. The van der Waals surface area contributed by atoms with E-state index in [1.165, 1.54) is 0 Å². The minimum Gasteiger partial charge on any atom is -0.437 e. The molecular formula is C15H19ClN4O. The average Bonchev–Trinajstić information content (AvgIpc) is 2.99. The maximum absolute atomic E-state index is 5.95. The summed E-state index contributed by atoms with van der Waals surface area (Å²) in [6.07, 6.45) is 3.34. The van der Waals surface area contributed by atoms with Gasteiger partial charge in [-0.1, -0.05) is 11.6 Å². The predicted molar refractivity (Wildman–Crippen MR) is 82.2 cm³/mol. The van der Waals surface area contributed by atoms with Crippen molar-refractivity contribution in [3.8, 4) is 11.5 Å². The monoisotopic (exact) mass is 306 g/mol. The molecule has 6 heteroatoms. The van der Waals surface area contributed by atoms with Gasteiger partial charge in [-0.3, -0.25) is 9.88 Å². The van der Waals surface area contributed by atoms with Gasteiger partial charge in [0.1, 0.15) is 5.69 Å². The lowest BCUT2D eigenvalue weighted by Gasteiger charge is -2.38. The van der Waals surface area contributed by atoms with Crippen molar-refractivity contribution in [2.24, 2.45) is 0 Å². The number of nitrogens with zero attached hydrogens (tertiary/aromatic N) is 3. The molecule has 0 radical (unpaired) electrons. The van der Waals surface area contributed by atoms with E-state index in [1.807, 2.05) is 6.07 Å². The summed E-state index contributed by atoms with van der Waals surface area (Å²) in [7, 11) is 0. The van der Waals surface area contributed by atoms with E-state index < -0.39 is 0 Å². The lowest BCUT2D eigenvalue weighted by Crippen LogP contribution is -2.51. The lowest BCUT2D eigenvalue weighted by molar-refractivity contribution is 0.0783. The van der Waals surface area contributed by atoms with Crippen molar-refractivity contribution in [1.82, 2.24) is 20.2 Å². The number of aromatic nitrogens is 2. The number of hydrogen-bond acceptors (Lipinski definition) is 5. The maximum Gasteiger partial charge on any atom is 0.214 e. The molecule has 3 rings (SSSR count). The average molecular weight is 307 g/mol. The summed E-state index contributed by atoms with van der Waals surface area (Å²) >= 11 is 5.86. The number of rotatable bonds is 3. The highest BCUT2D eigenvalue weighted by atomic mass is 35.5. The van der Waals surface area contributed by atoms with Gasteiger partial charge in [0.25, 0.3) is 0 Å². The molecule has 5 nitrogen and oxygen atoms in total. The molecular weight excluding hydrogens is 288 g/mol. The third kappa shape index (κ3) is 2.95. The maximum atomic E-state index is 5.95. The van der Waals surface area contributed by atoms with E-state index in [9.17, 15) is 0 Å². The zero-order valence-electron chi connectivity index (χ0n) is 12.3. The highest BCUT2D eigenvalue weighted by Crippen LogP contribution is 2.30. The highest BCUT2D eigenvalue weighted by molar-refractivity contribution is 6.30. The smallest absolute Gasteiger partial charge is 0.214 e. The molecule has 0 bridgehead atoms. The summed E-state index contributed by atoms with van der Waals surface area (Å²) in [6, 6.07) is 3.64. The van der Waals surface area contributed by atoms with Crippen LogP contribution in [0.2, 0.25) is 5.02 Å². The van der Waals surface area contributed by atoms with Gasteiger partial charge < -0.3 is 9.73 Å². The highest BCUT2D eigenvalue weighted by Gasteiger charge is 2.34. The Morgan fingerprint density at radius 2 is 1.95 bits per heavy atom. The van der Waals surface area contributed by atoms with Crippen LogP contribution >= 0.6 is 11.6 Å². The molecule has 0 saturated carbocycles. The number of hydrogen-bond donors (Lipinski definition) is 1. The Bertz CT molecular complexity index is 602. The van der Waals surface area contributed by atoms with Gasteiger partial charge in [-0.15, -0.1) is 0 Å². The van der Waals surface area contributed by atoms with Crippen molar-refractivity contribution in [2.75, 3.05) is 26.2 Å². The summed E-state index contributed by atoms with van der Waals surface area (Å²) in [5.41, 5.74) is 0.515. The summed E-state index contributed by atoms with van der Waals surface area (Å²) < 4.78 is 5.95. The Balaban J connectivity index is 1.84. The van der Waals surface area contributed by atoms with Crippen LogP contribution in [0.4, 0.5) is 0 Å². The molecule has 2 aromatic heterocycles. The number of nitrogens with one attached hydrogen (secondary N) is 1. The van der Waals surface area contributed by atoms with E-state index in [4.69, 9.17) is 16.0 Å². The van der Waals surface area contributed by atoms with Gasteiger partial charge >= 0.3 is 0 Å². The number of oxazole rings is 1. The number of piperazine rings is 1. The van der Waals surface area contributed by atoms with Gasteiger partial charge in [-0.05, 0) is 26.0 Å². The lowest BCUT2D eigenvalue weighted by atomic mass is 10.0. The molecule has 0 amide bonds. The standard InChI is InChI=1S/C15H19ClN4O/c1-15(2,20-7-5-17-6-8-20)14-19-10-13(21-14)12-4-3-11(16)9-18-12/h3-4,9-10,17H,5-8H2,1-2H3. The molecule has 0 atom stereocenters. The van der Waals surface area contributed by atoms with E-state index in [0.29, 0.717) is 10.8 Å². The molecule has 0 spiro atoms. The molecule has 1 saturated heterocycles. The van der Waals surface area contributed by atoms with Crippen LogP contribution in [0.3, 0.4) is 0 Å². The molecule has 1 N–H and O–H groups in total. The Morgan fingerprint density at radius 1 is 1.19 bits per heavy atom. The van der Waals surface area contributed by atoms with Crippen molar-refractivity contribution in [3.63, 3.8) is 0 Å². The molecule has 112 valence electrons. The normalized spacial score (nSPS) is 17.1. The molecule has 0 aliphatic carbocycles. The zero-order valence-corrected chi connectivity index (χ0v) is 13.0. The fourth-order valence-corrected chi connectivity index (χ4v) is 2.67. The molecule has 1 aliphatic rings. The second-order valence-electron chi connectivity index (χ2n) is 5.69. The topological polar surface area (TPSA) is 54.2 Å². The van der Waals surface area contributed by atoms with Gasteiger partial charge in [0.15, 0.2) is 5.76 Å². The largest absolute Gasteiger partial charge is 0.437 e. The summed E-state index contributed by atoms with van der Waals surface area (Å²) in [5, 5.41) is 3.97. The van der Waals surface area contributed by atoms with Crippen LogP contribution in [-0.4, -0.2) is 41.0 Å². The Labute approximate surface area is 129 Å². The first-order chi connectivity index (χ1) is 10.1. The minimum absolute atomic E-state index is 0.229. The van der Waals surface area contributed by atoms with Crippen molar-refractivity contribution in [1.29, 1.82) is 0 Å². The Morgan fingerprint density at radius 3 is 2.62 bits per heavy atom. The summed E-state index contributed by atoms with van der Waals surface area (Å²) in [5.74, 6) is 1.39. The van der Waals surface area contributed by atoms with Gasteiger partial charge in [0.05, 0.1) is 16.8 Å². The minimum atomic E-state index is -0.229. The number of pyridine rings is 1. The molecule has 0 aromatic carbocycles. The SMILES string of the molecule is CC(C)(c1ncc(-c2ccc(Cl)cn2)o1)N1CCNCC1. The van der Waals surface area contributed by atoms with Gasteiger partial charge in [0, 0.05) is 32.4 Å². The van der Waals surface area contributed by atoms with Crippen LogP contribution in [0.25, 0.3) is 11.5 Å². The van der Waals surface area contributed by atoms with Crippen LogP contribution < -0.4 is 5.32 Å². The zero-order chi connectivity index (χ0) is 14.9. The molecule has 2 aromatic rings. The van der Waals surface area contributed by atoms with Crippen molar-refractivity contribution >= 4 is 11.6 Å². The molecule has 1 fully saturated rings. The first kappa shape index (κ1) is 14.5. The van der Waals surface area contributed by atoms with Crippen molar-refractivity contribution in [2.45, 2.75) is 19.4 Å². The van der Waals surface area contributed by atoms with Gasteiger partial charge in [0.2, 0.25) is 5.89 Å². The van der Waals surface area contributed by atoms with Crippen LogP contribution in [-0.2, 0) is 5.54 Å². The quantitative estimate of drug-likeness (QED) is 0.944. The van der Waals surface area contributed by atoms with E-state index in [0.717, 1.165) is 37.8 Å². The van der Waals surface area contributed by atoms with E-state index >= 15 is 0 Å². The second-order valence-corrected chi connectivity index (χ2v) is 6.12. The fraction of sp³-hybridized carbons (Fsp3) is 0.467. The third-order valence-electron chi connectivity index (χ3n) is 3.92. The van der Waals surface area contributed by atoms with E-state index in [1.54, 1.807) is 18.5 Å². The second kappa shape index (κ2) is 5.75. The first-order valence-electron chi connectivity index (χ1n) is 7.11. The van der Waals surface area contributed by atoms with Crippen LogP contribution in [0.5, 0.6) is 0 Å². The summed E-state index contributed by atoms with van der Waals surface area (Å²) in [4.78, 5) is 11.1. The van der Waals surface area contributed by atoms with Gasteiger partial charge in [-0.2, -0.15) is 0 Å². The van der Waals surface area contributed by atoms with Crippen LogP contribution in [0.1, 0.15) is 19.7 Å². The van der Waals surface area contributed by atoms with E-state index in [-0.39, 0.29) is 5.54 Å². The van der Waals surface area contributed by atoms with Gasteiger partial charge in [-0.25, -0.2) is 4.98 Å².